The van der Waals surface area contributed by atoms with E-state index >= 15 is 0 Å². The van der Waals surface area contributed by atoms with Gasteiger partial charge >= 0.3 is 0 Å². The molecule has 0 fully saturated rings. The molecule has 0 spiro atoms. The SMILES string of the molecule is CCCN(CCC)C(C)(C)NC(=S)NC(C)(C)N(CCC)CCC. The molecule has 24 heavy (non-hydrogen) atoms. The molecule has 0 aliphatic heterocycles. The van der Waals surface area contributed by atoms with E-state index in [-0.39, 0.29) is 11.3 Å². The summed E-state index contributed by atoms with van der Waals surface area (Å²) in [7, 11) is 0. The largest absolute Gasteiger partial charge is 0.345 e. The summed E-state index contributed by atoms with van der Waals surface area (Å²) in [6.07, 6.45) is 4.60. The average Bonchev–Trinajstić information content (AvgIpc) is 2.45. The molecule has 2 N–H and O–H groups in total. The van der Waals surface area contributed by atoms with E-state index in [0.29, 0.717) is 0 Å². The topological polar surface area (TPSA) is 30.5 Å². The molecule has 0 aromatic carbocycles. The van der Waals surface area contributed by atoms with E-state index in [9.17, 15) is 0 Å². The Balaban J connectivity index is 4.89. The van der Waals surface area contributed by atoms with Crippen LogP contribution in [0.1, 0.15) is 81.1 Å². The quantitative estimate of drug-likeness (QED) is 0.404. The van der Waals surface area contributed by atoms with Crippen molar-refractivity contribution >= 4 is 17.3 Å². The maximum Gasteiger partial charge on any atom is 0.169 e. The van der Waals surface area contributed by atoms with Crippen molar-refractivity contribution in [2.24, 2.45) is 0 Å². The normalized spacial score (nSPS) is 12.8. The molecule has 0 aliphatic rings. The van der Waals surface area contributed by atoms with Gasteiger partial charge in [-0.1, -0.05) is 27.7 Å². The first kappa shape index (κ1) is 23.6. The molecule has 4 nitrogen and oxygen atoms in total. The summed E-state index contributed by atoms with van der Waals surface area (Å²) in [5, 5.41) is 7.82. The van der Waals surface area contributed by atoms with Gasteiger partial charge in [0.15, 0.2) is 5.11 Å². The Bertz CT molecular complexity index is 311. The highest BCUT2D eigenvalue weighted by atomic mass is 32.1. The van der Waals surface area contributed by atoms with Crippen LogP contribution in [0.2, 0.25) is 0 Å². The second-order valence-corrected chi connectivity index (χ2v) is 8.08. The van der Waals surface area contributed by atoms with Crippen LogP contribution in [0.3, 0.4) is 0 Å². The number of nitrogens with zero attached hydrogens (tertiary/aromatic N) is 2. The highest BCUT2D eigenvalue weighted by Gasteiger charge is 2.30. The fourth-order valence-electron chi connectivity index (χ4n) is 3.17. The molecular formula is C19H42N4S. The summed E-state index contributed by atoms with van der Waals surface area (Å²) < 4.78 is 0. The van der Waals surface area contributed by atoms with E-state index in [2.05, 4.69) is 75.8 Å². The third kappa shape index (κ3) is 8.13. The van der Waals surface area contributed by atoms with Gasteiger partial charge in [-0.2, -0.15) is 0 Å². The van der Waals surface area contributed by atoms with Crippen molar-refractivity contribution in [3.63, 3.8) is 0 Å². The monoisotopic (exact) mass is 358 g/mol. The van der Waals surface area contributed by atoms with Crippen LogP contribution in [-0.2, 0) is 0 Å². The Morgan fingerprint density at radius 1 is 0.667 bits per heavy atom. The Morgan fingerprint density at radius 3 is 1.12 bits per heavy atom. The lowest BCUT2D eigenvalue weighted by atomic mass is 10.1. The van der Waals surface area contributed by atoms with Crippen molar-refractivity contribution < 1.29 is 0 Å². The molecular weight excluding hydrogens is 316 g/mol. The molecule has 0 unspecified atom stereocenters. The van der Waals surface area contributed by atoms with Crippen molar-refractivity contribution in [1.29, 1.82) is 0 Å². The minimum absolute atomic E-state index is 0.146. The van der Waals surface area contributed by atoms with Crippen molar-refractivity contribution in [3.8, 4) is 0 Å². The standard InChI is InChI=1S/C19H42N4S/c1-9-13-22(14-10-2)18(5,6)20-17(24)21-19(7,8)23(15-11-3)16-12-4/h9-16H2,1-8H3,(H2,20,21,24). The predicted molar refractivity (Wildman–Crippen MR) is 111 cm³/mol. The predicted octanol–water partition coefficient (Wildman–Crippen LogP) is 4.17. The molecule has 0 aromatic heterocycles. The third-order valence-electron chi connectivity index (χ3n) is 4.39. The van der Waals surface area contributed by atoms with E-state index in [1.165, 1.54) is 0 Å². The van der Waals surface area contributed by atoms with Gasteiger partial charge in [0.1, 0.15) is 0 Å². The second-order valence-electron chi connectivity index (χ2n) is 7.67. The first-order chi connectivity index (χ1) is 11.1. The summed E-state index contributed by atoms with van der Waals surface area (Å²) in [4.78, 5) is 4.95. The van der Waals surface area contributed by atoms with E-state index in [1.54, 1.807) is 0 Å². The zero-order valence-corrected chi connectivity index (χ0v) is 18.3. The van der Waals surface area contributed by atoms with Crippen LogP contribution < -0.4 is 10.6 Å². The van der Waals surface area contributed by atoms with Crippen molar-refractivity contribution in [3.05, 3.63) is 0 Å². The van der Waals surface area contributed by atoms with Crippen LogP contribution in [0.4, 0.5) is 0 Å². The molecule has 0 saturated carbocycles. The Hall–Kier alpha value is -0.390. The molecule has 0 amide bonds. The van der Waals surface area contributed by atoms with Gasteiger partial charge in [-0.3, -0.25) is 9.80 Å². The van der Waals surface area contributed by atoms with Crippen molar-refractivity contribution in [1.82, 2.24) is 20.4 Å². The highest BCUT2D eigenvalue weighted by Crippen LogP contribution is 2.15. The fraction of sp³-hybridized carbons (Fsp3) is 0.947. The molecule has 0 rings (SSSR count). The van der Waals surface area contributed by atoms with Crippen LogP contribution in [0, 0.1) is 0 Å². The molecule has 0 saturated heterocycles. The van der Waals surface area contributed by atoms with Crippen molar-refractivity contribution in [2.45, 2.75) is 92.4 Å². The van der Waals surface area contributed by atoms with Gasteiger partial charge in [0, 0.05) is 26.2 Å². The molecule has 0 bridgehead atoms. The highest BCUT2D eigenvalue weighted by molar-refractivity contribution is 7.80. The summed E-state index contributed by atoms with van der Waals surface area (Å²) in [5.74, 6) is 0. The third-order valence-corrected chi connectivity index (χ3v) is 4.60. The first-order valence-corrected chi connectivity index (χ1v) is 10.2. The zero-order valence-electron chi connectivity index (χ0n) is 17.5. The van der Waals surface area contributed by atoms with Gasteiger partial charge in [0.25, 0.3) is 0 Å². The van der Waals surface area contributed by atoms with Crippen LogP contribution in [0.5, 0.6) is 0 Å². The maximum absolute atomic E-state index is 5.65. The van der Waals surface area contributed by atoms with Crippen LogP contribution >= 0.6 is 12.2 Å². The second kappa shape index (κ2) is 11.3. The molecule has 0 heterocycles. The van der Waals surface area contributed by atoms with Crippen LogP contribution in [0.25, 0.3) is 0 Å². The molecule has 0 aliphatic carbocycles. The van der Waals surface area contributed by atoms with Crippen LogP contribution in [-0.4, -0.2) is 52.4 Å². The number of nitrogens with one attached hydrogen (secondary N) is 2. The summed E-state index contributed by atoms with van der Waals surface area (Å²) >= 11 is 5.65. The molecule has 0 atom stereocenters. The molecule has 5 heteroatoms. The lowest BCUT2D eigenvalue weighted by molar-refractivity contribution is 0.0916. The summed E-state index contributed by atoms with van der Waals surface area (Å²) in [5.41, 5.74) is -0.293. The van der Waals surface area contributed by atoms with E-state index in [4.69, 9.17) is 12.2 Å². The summed E-state index contributed by atoms with van der Waals surface area (Å²) in [6.45, 7) is 22.1. The van der Waals surface area contributed by atoms with E-state index in [1.807, 2.05) is 0 Å². The average molecular weight is 359 g/mol. The van der Waals surface area contributed by atoms with E-state index < -0.39 is 0 Å². The van der Waals surface area contributed by atoms with Gasteiger partial charge < -0.3 is 10.6 Å². The maximum atomic E-state index is 5.65. The summed E-state index contributed by atoms with van der Waals surface area (Å²) in [6, 6.07) is 0. The zero-order chi connectivity index (χ0) is 18.8. The number of rotatable bonds is 12. The number of hydrogen-bond acceptors (Lipinski definition) is 3. The van der Waals surface area contributed by atoms with Crippen molar-refractivity contribution in [2.75, 3.05) is 26.2 Å². The number of thiocarbonyl (C=S) groups is 1. The lowest BCUT2D eigenvalue weighted by Crippen LogP contribution is -2.64. The molecule has 144 valence electrons. The van der Waals surface area contributed by atoms with Gasteiger partial charge in [0.2, 0.25) is 0 Å². The molecule has 0 aromatic rings. The van der Waals surface area contributed by atoms with Gasteiger partial charge in [-0.25, -0.2) is 0 Å². The number of hydrogen-bond donors (Lipinski definition) is 2. The minimum Gasteiger partial charge on any atom is -0.345 e. The lowest BCUT2D eigenvalue weighted by Gasteiger charge is -2.43. The van der Waals surface area contributed by atoms with Gasteiger partial charge in [0.05, 0.1) is 11.3 Å². The van der Waals surface area contributed by atoms with Gasteiger partial charge in [-0.05, 0) is 65.6 Å². The fourth-order valence-corrected chi connectivity index (χ4v) is 3.67. The Labute approximate surface area is 156 Å². The smallest absolute Gasteiger partial charge is 0.169 e. The Morgan fingerprint density at radius 2 is 0.917 bits per heavy atom. The van der Waals surface area contributed by atoms with Crippen LogP contribution in [0.15, 0.2) is 0 Å². The minimum atomic E-state index is -0.146. The Kier molecular flexibility index (Phi) is 11.1. The van der Waals surface area contributed by atoms with E-state index in [0.717, 1.165) is 57.0 Å². The molecule has 0 radical (unpaired) electrons. The van der Waals surface area contributed by atoms with Gasteiger partial charge in [-0.15, -0.1) is 0 Å². The first-order valence-electron chi connectivity index (χ1n) is 9.74.